The number of hydrogen-bond donors (Lipinski definition) is 2. The molecule has 10 heteroatoms. The second kappa shape index (κ2) is 10.4. The predicted molar refractivity (Wildman–Crippen MR) is 120 cm³/mol. The molecule has 0 saturated carbocycles. The van der Waals surface area contributed by atoms with Crippen LogP contribution in [0.2, 0.25) is 0 Å². The van der Waals surface area contributed by atoms with E-state index >= 15 is 0 Å². The lowest BCUT2D eigenvalue weighted by molar-refractivity contribution is -0.126. The molecule has 0 spiro atoms. The van der Waals surface area contributed by atoms with Crippen molar-refractivity contribution in [1.29, 1.82) is 0 Å². The summed E-state index contributed by atoms with van der Waals surface area (Å²) in [6.45, 7) is 3.99. The smallest absolute Gasteiger partial charge is 0.246 e. The third kappa shape index (κ3) is 6.14. The number of hydrogen-bond acceptors (Lipinski definition) is 4. The third-order valence-electron chi connectivity index (χ3n) is 5.55. The highest BCUT2D eigenvalue weighted by Gasteiger charge is 2.33. The van der Waals surface area contributed by atoms with Crippen molar-refractivity contribution in [3.63, 3.8) is 0 Å². The van der Waals surface area contributed by atoms with Crippen molar-refractivity contribution in [2.45, 2.75) is 38.1 Å². The van der Waals surface area contributed by atoms with Crippen LogP contribution in [0.25, 0.3) is 0 Å². The Morgan fingerprint density at radius 3 is 2.30 bits per heavy atom. The van der Waals surface area contributed by atoms with Gasteiger partial charge >= 0.3 is 0 Å². The molecule has 2 amide bonds. The topological polar surface area (TPSA) is 95.6 Å². The molecule has 0 aromatic heterocycles. The van der Waals surface area contributed by atoms with E-state index in [9.17, 15) is 26.8 Å². The van der Waals surface area contributed by atoms with Crippen LogP contribution in [0.5, 0.6) is 0 Å². The minimum atomic E-state index is -4.18. The van der Waals surface area contributed by atoms with Crippen LogP contribution in [0.4, 0.5) is 14.5 Å². The Labute approximate surface area is 192 Å². The molecule has 0 atom stereocenters. The second-order valence-electron chi connectivity index (χ2n) is 8.31. The molecular formula is C23H27F2N3O4S. The summed E-state index contributed by atoms with van der Waals surface area (Å²) in [6.07, 6.45) is 0.560. The number of halogens is 2. The van der Waals surface area contributed by atoms with Crippen molar-refractivity contribution in [2.75, 3.05) is 18.4 Å². The van der Waals surface area contributed by atoms with Gasteiger partial charge in [-0.1, -0.05) is 26.0 Å². The number of nitrogens with one attached hydrogen (secondary N) is 2. The Bertz CT molecular complexity index is 1110. The number of benzene rings is 2. The lowest BCUT2D eigenvalue weighted by atomic mass is 9.97. The van der Waals surface area contributed by atoms with Gasteiger partial charge in [-0.25, -0.2) is 17.2 Å². The van der Waals surface area contributed by atoms with Gasteiger partial charge in [0.25, 0.3) is 0 Å². The number of rotatable bonds is 7. The molecule has 1 saturated heterocycles. The van der Waals surface area contributed by atoms with Crippen LogP contribution in [0, 0.1) is 23.5 Å². The number of anilines is 1. The Hall–Kier alpha value is -2.85. The first-order valence-corrected chi connectivity index (χ1v) is 12.1. The van der Waals surface area contributed by atoms with Crippen molar-refractivity contribution >= 4 is 27.5 Å². The summed E-state index contributed by atoms with van der Waals surface area (Å²) in [5.74, 6) is -2.62. The van der Waals surface area contributed by atoms with Crippen molar-refractivity contribution in [3.05, 3.63) is 59.7 Å². The van der Waals surface area contributed by atoms with Crippen LogP contribution < -0.4 is 10.6 Å². The number of nitrogens with zero attached hydrogens (tertiary/aromatic N) is 1. The van der Waals surface area contributed by atoms with E-state index in [-0.39, 0.29) is 49.6 Å². The minimum absolute atomic E-state index is 0.0423. The molecule has 0 bridgehead atoms. The van der Waals surface area contributed by atoms with E-state index in [4.69, 9.17) is 0 Å². The Morgan fingerprint density at radius 2 is 1.70 bits per heavy atom. The quantitative estimate of drug-likeness (QED) is 0.637. The zero-order chi connectivity index (χ0) is 24.2. The van der Waals surface area contributed by atoms with Crippen LogP contribution in [0.1, 0.15) is 32.3 Å². The molecule has 178 valence electrons. The first-order chi connectivity index (χ1) is 15.6. The molecule has 3 rings (SSSR count). The highest BCUT2D eigenvalue weighted by atomic mass is 32.2. The average molecular weight is 480 g/mol. The SMILES string of the molecule is CC(C)C(=O)Nc1ccc(CNC(=O)C2CCN(S(=O)(=O)c3cc(F)ccc3F)CC2)cc1. The van der Waals surface area contributed by atoms with Crippen LogP contribution >= 0.6 is 0 Å². The molecule has 7 nitrogen and oxygen atoms in total. The van der Waals surface area contributed by atoms with Gasteiger partial charge in [0.05, 0.1) is 0 Å². The fourth-order valence-electron chi connectivity index (χ4n) is 3.50. The van der Waals surface area contributed by atoms with Gasteiger partial charge in [0.2, 0.25) is 21.8 Å². The molecule has 0 unspecified atom stereocenters. The monoisotopic (exact) mass is 479 g/mol. The number of carbonyl (C=O) groups is 2. The zero-order valence-electron chi connectivity index (χ0n) is 18.5. The lowest BCUT2D eigenvalue weighted by Gasteiger charge is -2.30. The fraction of sp³-hybridized carbons (Fsp3) is 0.391. The summed E-state index contributed by atoms with van der Waals surface area (Å²) in [5.41, 5.74) is 1.53. The molecule has 33 heavy (non-hydrogen) atoms. The van der Waals surface area contributed by atoms with E-state index in [1.807, 2.05) is 0 Å². The van der Waals surface area contributed by atoms with Gasteiger partial charge < -0.3 is 10.6 Å². The van der Waals surface area contributed by atoms with Gasteiger partial charge in [-0.05, 0) is 48.7 Å². The van der Waals surface area contributed by atoms with Gasteiger partial charge in [-0.15, -0.1) is 0 Å². The van der Waals surface area contributed by atoms with Crippen molar-refractivity contribution in [3.8, 4) is 0 Å². The van der Waals surface area contributed by atoms with Gasteiger partial charge in [0.15, 0.2) is 0 Å². The van der Waals surface area contributed by atoms with Crippen LogP contribution in [-0.4, -0.2) is 37.6 Å². The first kappa shape index (κ1) is 24.8. The first-order valence-electron chi connectivity index (χ1n) is 10.7. The highest BCUT2D eigenvalue weighted by molar-refractivity contribution is 7.89. The Balaban J connectivity index is 1.51. The van der Waals surface area contributed by atoms with Crippen LogP contribution in [-0.2, 0) is 26.2 Å². The van der Waals surface area contributed by atoms with Crippen molar-refractivity contribution in [2.24, 2.45) is 11.8 Å². The lowest BCUT2D eigenvalue weighted by Crippen LogP contribution is -2.43. The summed E-state index contributed by atoms with van der Waals surface area (Å²) in [6, 6.07) is 9.45. The van der Waals surface area contributed by atoms with Crippen LogP contribution in [0.15, 0.2) is 47.4 Å². The molecule has 2 aromatic carbocycles. The average Bonchev–Trinajstić information content (AvgIpc) is 2.79. The number of amides is 2. The van der Waals surface area contributed by atoms with E-state index in [2.05, 4.69) is 10.6 Å². The molecule has 1 heterocycles. The largest absolute Gasteiger partial charge is 0.352 e. The maximum absolute atomic E-state index is 14.0. The summed E-state index contributed by atoms with van der Waals surface area (Å²) in [4.78, 5) is 23.6. The summed E-state index contributed by atoms with van der Waals surface area (Å²) in [7, 11) is -4.18. The molecule has 0 radical (unpaired) electrons. The zero-order valence-corrected chi connectivity index (χ0v) is 19.3. The van der Waals surface area contributed by atoms with E-state index in [1.54, 1.807) is 38.1 Å². The predicted octanol–water partition coefficient (Wildman–Crippen LogP) is 3.28. The molecule has 1 fully saturated rings. The second-order valence-corrected chi connectivity index (χ2v) is 10.2. The fourth-order valence-corrected chi connectivity index (χ4v) is 5.04. The number of sulfonamides is 1. The highest BCUT2D eigenvalue weighted by Crippen LogP contribution is 2.26. The standard InChI is InChI=1S/C23H27F2N3O4S/c1-15(2)22(29)27-19-6-3-16(4-7-19)14-26-23(30)17-9-11-28(12-10-17)33(31,32)21-13-18(24)5-8-20(21)25/h3-8,13,15,17H,9-12,14H2,1-2H3,(H,26,30)(H,27,29). The number of carbonyl (C=O) groups excluding carboxylic acids is 2. The maximum atomic E-state index is 14.0. The molecule has 1 aliphatic rings. The number of piperidine rings is 1. The van der Waals surface area contributed by atoms with Gasteiger partial charge in [0, 0.05) is 37.2 Å². The summed E-state index contributed by atoms with van der Waals surface area (Å²) >= 11 is 0. The Morgan fingerprint density at radius 1 is 1.06 bits per heavy atom. The van der Waals surface area contributed by atoms with Crippen LogP contribution in [0.3, 0.4) is 0 Å². The van der Waals surface area contributed by atoms with Gasteiger partial charge in [-0.3, -0.25) is 9.59 Å². The third-order valence-corrected chi connectivity index (χ3v) is 7.46. The molecule has 2 aromatic rings. The Kier molecular flexibility index (Phi) is 7.80. The van der Waals surface area contributed by atoms with Crippen molar-refractivity contribution in [1.82, 2.24) is 9.62 Å². The maximum Gasteiger partial charge on any atom is 0.246 e. The van der Waals surface area contributed by atoms with E-state index in [0.717, 1.165) is 22.0 Å². The normalized spacial score (nSPS) is 15.4. The minimum Gasteiger partial charge on any atom is -0.352 e. The molecule has 1 aliphatic heterocycles. The van der Waals surface area contributed by atoms with Gasteiger partial charge in [-0.2, -0.15) is 4.31 Å². The van der Waals surface area contributed by atoms with Crippen molar-refractivity contribution < 1.29 is 26.8 Å². The summed E-state index contributed by atoms with van der Waals surface area (Å²) in [5, 5.41) is 5.64. The van der Waals surface area contributed by atoms with E-state index < -0.39 is 26.6 Å². The molecule has 2 N–H and O–H groups in total. The van der Waals surface area contributed by atoms with Gasteiger partial charge in [0.1, 0.15) is 16.5 Å². The molecule has 0 aliphatic carbocycles. The molecular weight excluding hydrogens is 452 g/mol. The van der Waals surface area contributed by atoms with E-state index in [1.165, 1.54) is 0 Å². The van der Waals surface area contributed by atoms with E-state index in [0.29, 0.717) is 18.3 Å². The summed E-state index contributed by atoms with van der Waals surface area (Å²) < 4.78 is 53.8.